The van der Waals surface area contributed by atoms with Gasteiger partial charge in [0.1, 0.15) is 5.75 Å². The lowest BCUT2D eigenvalue weighted by atomic mass is 9.69. The van der Waals surface area contributed by atoms with Crippen molar-refractivity contribution in [3.05, 3.63) is 124 Å². The summed E-state index contributed by atoms with van der Waals surface area (Å²) in [5.74, 6) is 1.48. The summed E-state index contributed by atoms with van der Waals surface area (Å²) in [5, 5.41) is 12.8. The Morgan fingerprint density at radius 2 is 1.41 bits per heavy atom. The number of aryl methyl sites for hydroxylation is 1. The summed E-state index contributed by atoms with van der Waals surface area (Å²) < 4.78 is 0. The van der Waals surface area contributed by atoms with Crippen LogP contribution in [-0.2, 0) is 22.6 Å². The fourth-order valence-corrected chi connectivity index (χ4v) is 10.3. The third kappa shape index (κ3) is 6.90. The van der Waals surface area contributed by atoms with Gasteiger partial charge in [-0.25, -0.2) is 0 Å². The number of phenolic OH excluding ortho intramolecular Hbond substituents is 1. The molecule has 4 aromatic rings. The van der Waals surface area contributed by atoms with E-state index in [9.17, 15) is 14.7 Å². The van der Waals surface area contributed by atoms with Crippen LogP contribution in [0.15, 0.2) is 91.0 Å². The summed E-state index contributed by atoms with van der Waals surface area (Å²) in [7, 11) is 0. The second-order valence-electron chi connectivity index (χ2n) is 16.4. The third-order valence-electron chi connectivity index (χ3n) is 13.3. The van der Waals surface area contributed by atoms with Gasteiger partial charge >= 0.3 is 0 Å². The van der Waals surface area contributed by atoms with Crippen molar-refractivity contribution in [1.82, 2.24) is 15.1 Å². The van der Waals surface area contributed by atoms with Gasteiger partial charge in [0.2, 0.25) is 11.8 Å². The second kappa shape index (κ2) is 14.9. The van der Waals surface area contributed by atoms with Crippen molar-refractivity contribution in [2.45, 2.75) is 75.9 Å². The van der Waals surface area contributed by atoms with E-state index in [1.165, 1.54) is 64.1 Å². The van der Waals surface area contributed by atoms with E-state index in [4.69, 9.17) is 0 Å². The Balaban J connectivity index is 0.779. The molecule has 5 aliphatic rings. The fourth-order valence-electron chi connectivity index (χ4n) is 10.3. The summed E-state index contributed by atoms with van der Waals surface area (Å²) in [5.41, 5.74) is 10.6. The van der Waals surface area contributed by atoms with Crippen LogP contribution in [0.2, 0.25) is 0 Å². The normalized spacial score (nSPS) is 25.4. The van der Waals surface area contributed by atoms with Crippen LogP contribution < -0.4 is 15.1 Å². The Bertz CT molecular complexity index is 1980. The van der Waals surface area contributed by atoms with Crippen molar-refractivity contribution < 1.29 is 14.7 Å². The number of piperidine rings is 2. The quantitative estimate of drug-likeness (QED) is 0.200. The molecule has 8 heteroatoms. The summed E-state index contributed by atoms with van der Waals surface area (Å²) in [6, 6.07) is 33.2. The third-order valence-corrected chi connectivity index (χ3v) is 13.3. The van der Waals surface area contributed by atoms with Crippen molar-refractivity contribution in [1.29, 1.82) is 0 Å². The number of benzene rings is 4. The number of piperazine rings is 1. The number of phenols is 1. The molecule has 4 aromatic carbocycles. The number of rotatable bonds is 7. The number of nitrogens with one attached hydrogen (secondary N) is 1. The van der Waals surface area contributed by atoms with E-state index >= 15 is 0 Å². The predicted molar refractivity (Wildman–Crippen MR) is 214 cm³/mol. The molecule has 4 heterocycles. The number of carbonyl (C=O) groups excluding carboxylic acids is 2. The molecule has 0 bridgehead atoms. The Labute approximate surface area is 319 Å². The average Bonchev–Trinajstić information content (AvgIpc) is 3.53. The van der Waals surface area contributed by atoms with Crippen LogP contribution in [-0.4, -0.2) is 78.6 Å². The van der Waals surface area contributed by atoms with Gasteiger partial charge in [0.25, 0.3) is 0 Å². The van der Waals surface area contributed by atoms with Gasteiger partial charge in [0.05, 0.1) is 6.04 Å². The minimum atomic E-state index is -0.236. The lowest BCUT2D eigenvalue weighted by molar-refractivity contribution is -0.138. The highest BCUT2D eigenvalue weighted by Crippen LogP contribution is 2.47. The number of aromatic hydroxyl groups is 1. The van der Waals surface area contributed by atoms with Gasteiger partial charge in [-0.2, -0.15) is 0 Å². The van der Waals surface area contributed by atoms with Crippen LogP contribution in [0.1, 0.15) is 90.3 Å². The topological polar surface area (TPSA) is 79.4 Å². The molecule has 2 amide bonds. The number of amides is 2. The number of carbonyl (C=O) groups is 2. The van der Waals surface area contributed by atoms with Crippen LogP contribution >= 0.6 is 0 Å². The summed E-state index contributed by atoms with van der Waals surface area (Å²) in [6.45, 7) is 10.6. The monoisotopic (exact) mass is 723 g/mol. The van der Waals surface area contributed by atoms with E-state index in [1.807, 2.05) is 12.1 Å². The molecule has 0 radical (unpaired) electrons. The average molecular weight is 724 g/mol. The maximum Gasteiger partial charge on any atom is 0.243 e. The van der Waals surface area contributed by atoms with E-state index in [2.05, 4.69) is 111 Å². The minimum Gasteiger partial charge on any atom is -0.508 e. The first-order valence-corrected chi connectivity index (χ1v) is 20.3. The SMILES string of the molecule is CC1c2ccc(N3CCN(CC4CCN(c5ccc([C@@H]6c7ccc(O)cc7CC[C@@H]6c6ccccc6)cc5)CC4)CC3)cc2CN1[C@H]1CCC(=O)NC1=O. The highest BCUT2D eigenvalue weighted by molar-refractivity contribution is 6.00. The number of imide groups is 1. The van der Waals surface area contributed by atoms with Gasteiger partial charge in [-0.15, -0.1) is 0 Å². The van der Waals surface area contributed by atoms with Crippen molar-refractivity contribution >= 4 is 23.2 Å². The zero-order valence-electron chi connectivity index (χ0n) is 31.5. The lowest BCUT2D eigenvalue weighted by Gasteiger charge is -2.40. The number of fused-ring (bicyclic) bond motifs is 2. The molecule has 0 aromatic heterocycles. The highest BCUT2D eigenvalue weighted by atomic mass is 16.3. The first kappa shape index (κ1) is 35.1. The first-order valence-electron chi connectivity index (χ1n) is 20.3. The van der Waals surface area contributed by atoms with Gasteiger partial charge in [-0.05, 0) is 121 Å². The Kier molecular flexibility index (Phi) is 9.66. The van der Waals surface area contributed by atoms with Gasteiger partial charge in [-0.1, -0.05) is 54.6 Å². The Hall–Kier alpha value is -4.66. The van der Waals surface area contributed by atoms with Crippen molar-refractivity contribution in [2.75, 3.05) is 55.6 Å². The van der Waals surface area contributed by atoms with Crippen molar-refractivity contribution in [3.8, 4) is 5.75 Å². The molecular formula is C46H53N5O3. The highest BCUT2D eigenvalue weighted by Gasteiger charge is 2.39. The molecule has 1 unspecified atom stereocenters. The van der Waals surface area contributed by atoms with Gasteiger partial charge < -0.3 is 14.9 Å². The van der Waals surface area contributed by atoms with Gasteiger partial charge in [0, 0.05) is 82.1 Å². The van der Waals surface area contributed by atoms with Crippen LogP contribution in [0, 0.1) is 5.92 Å². The summed E-state index contributed by atoms with van der Waals surface area (Å²) >= 11 is 0. The second-order valence-corrected chi connectivity index (χ2v) is 16.4. The lowest BCUT2D eigenvalue weighted by Crippen LogP contribution is -2.51. The molecule has 3 saturated heterocycles. The van der Waals surface area contributed by atoms with Gasteiger partial charge in [-0.3, -0.25) is 24.7 Å². The first-order chi connectivity index (χ1) is 26.4. The largest absolute Gasteiger partial charge is 0.508 e. The fraction of sp³-hybridized carbons (Fsp3) is 0.435. The van der Waals surface area contributed by atoms with Crippen LogP contribution in [0.4, 0.5) is 11.4 Å². The molecular weight excluding hydrogens is 671 g/mol. The maximum atomic E-state index is 12.6. The van der Waals surface area contributed by atoms with Crippen molar-refractivity contribution in [3.63, 3.8) is 0 Å². The smallest absolute Gasteiger partial charge is 0.243 e. The standard InChI is InChI=1S/C46H53N5O3/c1-31-40-15-12-38(27-36(40)30-51(31)43-17-18-44(53)47-46(43)54)50-25-23-48(24-26-50)29-32-19-21-49(22-20-32)37-10-7-34(8-11-37)45-41(33-5-3-2-4-6-33)14-9-35-28-39(52)13-16-42(35)45/h2-8,10-13,15-16,27-28,31-32,41,43,45,52H,9,14,17-26,29-30H2,1H3,(H,47,53,54)/t31?,41-,43+,45+/m1/s1. The number of hydrogen-bond acceptors (Lipinski definition) is 7. The summed E-state index contributed by atoms with van der Waals surface area (Å²) in [4.78, 5) is 34.4. The van der Waals surface area contributed by atoms with Gasteiger partial charge in [0.15, 0.2) is 0 Å². The molecule has 4 atom stereocenters. The maximum absolute atomic E-state index is 12.6. The number of anilines is 2. The molecule has 4 aliphatic heterocycles. The van der Waals surface area contributed by atoms with E-state index in [0.717, 1.165) is 64.6 Å². The molecule has 9 rings (SSSR count). The molecule has 0 saturated carbocycles. The van der Waals surface area contributed by atoms with E-state index in [-0.39, 0.29) is 29.8 Å². The van der Waals surface area contributed by atoms with E-state index < -0.39 is 0 Å². The molecule has 3 fully saturated rings. The molecule has 1 aliphatic carbocycles. The molecule has 8 nitrogen and oxygen atoms in total. The van der Waals surface area contributed by atoms with Crippen molar-refractivity contribution in [2.24, 2.45) is 5.92 Å². The van der Waals surface area contributed by atoms with Crippen LogP contribution in [0.5, 0.6) is 5.75 Å². The number of hydrogen-bond donors (Lipinski definition) is 2. The van der Waals surface area contributed by atoms with E-state index in [1.54, 1.807) is 0 Å². The molecule has 2 N–H and O–H groups in total. The summed E-state index contributed by atoms with van der Waals surface area (Å²) in [6.07, 6.45) is 5.54. The molecule has 54 heavy (non-hydrogen) atoms. The Morgan fingerprint density at radius 1 is 0.685 bits per heavy atom. The van der Waals surface area contributed by atoms with Crippen LogP contribution in [0.25, 0.3) is 0 Å². The zero-order valence-corrected chi connectivity index (χ0v) is 31.5. The minimum absolute atomic E-state index is 0.149. The predicted octanol–water partition coefficient (Wildman–Crippen LogP) is 6.97. The van der Waals surface area contributed by atoms with Crippen LogP contribution in [0.3, 0.4) is 0 Å². The molecule has 280 valence electrons. The Morgan fingerprint density at radius 3 is 2.17 bits per heavy atom. The van der Waals surface area contributed by atoms with E-state index in [0.29, 0.717) is 24.5 Å². The number of nitrogens with zero attached hydrogens (tertiary/aromatic N) is 4. The molecule has 0 spiro atoms. The zero-order chi connectivity index (χ0) is 36.8.